The van der Waals surface area contributed by atoms with Gasteiger partial charge in [-0.25, -0.2) is 0 Å². The Bertz CT molecular complexity index is 781. The van der Waals surface area contributed by atoms with Crippen LogP contribution in [0, 0.1) is 5.41 Å². The second kappa shape index (κ2) is 9.93. The summed E-state index contributed by atoms with van der Waals surface area (Å²) in [5.41, 5.74) is 0.675. The predicted octanol–water partition coefficient (Wildman–Crippen LogP) is 4.56. The standard InChI is InChI=1S/C20H22Cl2N2O2S/c1-24(2)19(27)26-17-10-6-9-16(11-17)23-18(25)20(13-21,14-22)12-15-7-4-3-5-8-15/h3-11H,12-14H2,1-2H3,(H,23,25). The molecule has 144 valence electrons. The number of nitrogens with one attached hydrogen (secondary N) is 1. The lowest BCUT2D eigenvalue weighted by molar-refractivity contribution is -0.123. The molecule has 0 saturated heterocycles. The summed E-state index contributed by atoms with van der Waals surface area (Å²) in [4.78, 5) is 14.7. The monoisotopic (exact) mass is 424 g/mol. The fourth-order valence-corrected chi connectivity index (χ4v) is 3.23. The molecule has 2 rings (SSSR count). The number of hydrogen-bond acceptors (Lipinski definition) is 3. The molecule has 0 bridgehead atoms. The number of hydrogen-bond donors (Lipinski definition) is 1. The average Bonchev–Trinajstić information content (AvgIpc) is 2.67. The third kappa shape index (κ3) is 5.83. The first-order valence-electron chi connectivity index (χ1n) is 8.37. The van der Waals surface area contributed by atoms with Gasteiger partial charge < -0.3 is 15.0 Å². The molecular formula is C20H22Cl2N2O2S. The summed E-state index contributed by atoms with van der Waals surface area (Å²) < 4.78 is 5.59. The van der Waals surface area contributed by atoms with Gasteiger partial charge >= 0.3 is 0 Å². The van der Waals surface area contributed by atoms with Gasteiger partial charge in [0.05, 0.1) is 5.41 Å². The second-order valence-corrected chi connectivity index (χ2v) is 7.34. The number of amides is 1. The van der Waals surface area contributed by atoms with Gasteiger partial charge in [-0.05, 0) is 36.3 Å². The van der Waals surface area contributed by atoms with Crippen LogP contribution >= 0.6 is 35.4 Å². The number of halogens is 2. The molecule has 0 aliphatic rings. The van der Waals surface area contributed by atoms with E-state index in [-0.39, 0.29) is 17.7 Å². The predicted molar refractivity (Wildman–Crippen MR) is 116 cm³/mol. The first kappa shape index (κ1) is 21.5. The summed E-state index contributed by atoms with van der Waals surface area (Å²) in [5, 5.41) is 3.23. The fourth-order valence-electron chi connectivity index (χ4n) is 2.41. The lowest BCUT2D eigenvalue weighted by Gasteiger charge is -2.28. The molecule has 2 aromatic carbocycles. The highest BCUT2D eigenvalue weighted by atomic mass is 35.5. The number of rotatable bonds is 7. The molecular weight excluding hydrogens is 403 g/mol. The van der Waals surface area contributed by atoms with Crippen LogP contribution in [-0.2, 0) is 11.2 Å². The van der Waals surface area contributed by atoms with Crippen LogP contribution in [0.3, 0.4) is 0 Å². The van der Waals surface area contributed by atoms with Crippen molar-refractivity contribution < 1.29 is 9.53 Å². The van der Waals surface area contributed by atoms with Crippen molar-refractivity contribution in [2.45, 2.75) is 6.42 Å². The van der Waals surface area contributed by atoms with E-state index in [1.165, 1.54) is 0 Å². The van der Waals surface area contributed by atoms with Crippen molar-refractivity contribution in [1.82, 2.24) is 4.90 Å². The van der Waals surface area contributed by atoms with E-state index in [9.17, 15) is 4.79 Å². The van der Waals surface area contributed by atoms with Crippen molar-refractivity contribution in [1.29, 1.82) is 0 Å². The van der Waals surface area contributed by atoms with Gasteiger partial charge in [-0.1, -0.05) is 36.4 Å². The zero-order chi connectivity index (χ0) is 19.9. The molecule has 0 aliphatic heterocycles. The molecule has 4 nitrogen and oxygen atoms in total. The fraction of sp³-hybridized carbons (Fsp3) is 0.300. The van der Waals surface area contributed by atoms with Gasteiger partial charge in [0, 0.05) is 37.6 Å². The lowest BCUT2D eigenvalue weighted by Crippen LogP contribution is -2.41. The minimum atomic E-state index is -0.916. The minimum absolute atomic E-state index is 0.109. The molecule has 0 fully saturated rings. The second-order valence-electron chi connectivity index (χ2n) is 6.45. The van der Waals surface area contributed by atoms with Crippen LogP contribution in [0.2, 0.25) is 0 Å². The average molecular weight is 425 g/mol. The number of carbonyl (C=O) groups is 1. The highest BCUT2D eigenvalue weighted by Gasteiger charge is 2.37. The normalized spacial score (nSPS) is 11.0. The Morgan fingerprint density at radius 1 is 1.11 bits per heavy atom. The zero-order valence-electron chi connectivity index (χ0n) is 15.2. The number of thiocarbonyl (C=S) groups is 1. The first-order valence-corrected chi connectivity index (χ1v) is 9.84. The van der Waals surface area contributed by atoms with Gasteiger partial charge in [0.15, 0.2) is 0 Å². The van der Waals surface area contributed by atoms with Crippen LogP contribution in [0.1, 0.15) is 5.56 Å². The first-order chi connectivity index (χ1) is 12.9. The molecule has 0 aromatic heterocycles. The molecule has 0 unspecified atom stereocenters. The maximum atomic E-state index is 13.0. The van der Waals surface area contributed by atoms with Gasteiger partial charge in [0.25, 0.3) is 5.17 Å². The summed E-state index contributed by atoms with van der Waals surface area (Å²) in [6, 6.07) is 16.7. The molecule has 0 aliphatic carbocycles. The molecule has 0 radical (unpaired) electrons. The van der Waals surface area contributed by atoms with E-state index in [1.807, 2.05) is 30.3 Å². The molecule has 0 atom stereocenters. The van der Waals surface area contributed by atoms with E-state index in [0.717, 1.165) is 5.56 Å². The highest BCUT2D eigenvalue weighted by molar-refractivity contribution is 7.80. The maximum Gasteiger partial charge on any atom is 0.264 e. The van der Waals surface area contributed by atoms with E-state index in [1.54, 1.807) is 43.3 Å². The van der Waals surface area contributed by atoms with Crippen molar-refractivity contribution in [3.63, 3.8) is 0 Å². The highest BCUT2D eigenvalue weighted by Crippen LogP contribution is 2.29. The summed E-state index contributed by atoms with van der Waals surface area (Å²) in [5.74, 6) is 0.525. The Hall–Kier alpha value is -1.82. The smallest absolute Gasteiger partial charge is 0.264 e. The lowest BCUT2D eigenvalue weighted by atomic mass is 9.84. The SMILES string of the molecule is CN(C)C(=S)Oc1cccc(NC(=O)C(CCl)(CCl)Cc2ccccc2)c1. The number of carbonyl (C=O) groups excluding carboxylic acids is 1. The quantitative estimate of drug-likeness (QED) is 0.522. The number of anilines is 1. The Labute approximate surface area is 175 Å². The van der Waals surface area contributed by atoms with Crippen molar-refractivity contribution in [3.8, 4) is 5.75 Å². The molecule has 0 spiro atoms. The molecule has 27 heavy (non-hydrogen) atoms. The molecule has 2 aromatic rings. The third-order valence-corrected chi connectivity index (χ3v) is 5.51. The zero-order valence-corrected chi connectivity index (χ0v) is 17.6. The number of alkyl halides is 2. The van der Waals surface area contributed by atoms with Crippen LogP contribution in [0.15, 0.2) is 54.6 Å². The molecule has 0 saturated carbocycles. The molecule has 7 heteroatoms. The Morgan fingerprint density at radius 2 is 1.78 bits per heavy atom. The van der Waals surface area contributed by atoms with E-state index >= 15 is 0 Å². The topological polar surface area (TPSA) is 41.6 Å². The van der Waals surface area contributed by atoms with E-state index in [0.29, 0.717) is 23.0 Å². The molecule has 1 N–H and O–H groups in total. The number of nitrogens with zero attached hydrogens (tertiary/aromatic N) is 1. The van der Waals surface area contributed by atoms with Crippen LogP contribution < -0.4 is 10.1 Å². The summed E-state index contributed by atoms with van der Waals surface area (Å²) in [6.45, 7) is 0. The van der Waals surface area contributed by atoms with Gasteiger partial charge in [-0.15, -0.1) is 23.2 Å². The van der Waals surface area contributed by atoms with Gasteiger partial charge in [0.1, 0.15) is 5.75 Å². The summed E-state index contributed by atoms with van der Waals surface area (Å²) >= 11 is 17.5. The summed E-state index contributed by atoms with van der Waals surface area (Å²) in [6.07, 6.45) is 0.452. The van der Waals surface area contributed by atoms with Crippen LogP contribution in [0.25, 0.3) is 0 Å². The van der Waals surface area contributed by atoms with E-state index < -0.39 is 5.41 Å². The maximum absolute atomic E-state index is 13.0. The van der Waals surface area contributed by atoms with Gasteiger partial charge in [-0.3, -0.25) is 4.79 Å². The molecule has 1 amide bonds. The molecule has 0 heterocycles. The van der Waals surface area contributed by atoms with Crippen LogP contribution in [0.5, 0.6) is 5.75 Å². The van der Waals surface area contributed by atoms with Crippen molar-refractivity contribution in [3.05, 3.63) is 60.2 Å². The largest absolute Gasteiger partial charge is 0.432 e. The minimum Gasteiger partial charge on any atom is -0.432 e. The van der Waals surface area contributed by atoms with E-state index in [4.69, 9.17) is 40.2 Å². The van der Waals surface area contributed by atoms with Crippen LogP contribution in [-0.4, -0.2) is 41.8 Å². The Balaban J connectivity index is 2.16. The number of benzene rings is 2. The summed E-state index contributed by atoms with van der Waals surface area (Å²) in [7, 11) is 3.60. The van der Waals surface area contributed by atoms with Gasteiger partial charge in [0.2, 0.25) is 5.91 Å². The van der Waals surface area contributed by atoms with Gasteiger partial charge in [-0.2, -0.15) is 0 Å². The number of ether oxygens (including phenoxy) is 1. The van der Waals surface area contributed by atoms with Crippen molar-refractivity contribution >= 4 is 52.2 Å². The van der Waals surface area contributed by atoms with Crippen molar-refractivity contribution in [2.24, 2.45) is 5.41 Å². The van der Waals surface area contributed by atoms with E-state index in [2.05, 4.69) is 5.32 Å². The third-order valence-electron chi connectivity index (χ3n) is 4.04. The Morgan fingerprint density at radius 3 is 2.37 bits per heavy atom. The Kier molecular flexibility index (Phi) is 7.90. The van der Waals surface area contributed by atoms with Crippen LogP contribution in [0.4, 0.5) is 5.69 Å². The van der Waals surface area contributed by atoms with Crippen molar-refractivity contribution in [2.75, 3.05) is 31.2 Å².